The fourth-order valence-electron chi connectivity index (χ4n) is 2.92. The second-order valence-electron chi connectivity index (χ2n) is 5.37. The van der Waals surface area contributed by atoms with E-state index in [1.165, 1.54) is 10.4 Å². The summed E-state index contributed by atoms with van der Waals surface area (Å²) < 4.78 is 32.6. The number of ether oxygens (including phenoxy) is 1. The molecule has 2 aliphatic heterocycles. The van der Waals surface area contributed by atoms with Gasteiger partial charge in [0.15, 0.2) is 0 Å². The van der Waals surface area contributed by atoms with Gasteiger partial charge in [-0.1, -0.05) is 0 Å². The SMILES string of the molecule is Cc1cc(C#N)ccc1S(=O)(=O)N1CC2CCC(C1)O2. The lowest BCUT2D eigenvalue weighted by Crippen LogP contribution is -2.45. The van der Waals surface area contributed by atoms with Crippen molar-refractivity contribution in [1.29, 1.82) is 5.26 Å². The first-order chi connectivity index (χ1) is 9.50. The minimum absolute atomic E-state index is 0.0298. The van der Waals surface area contributed by atoms with Crippen LogP contribution in [-0.2, 0) is 14.8 Å². The van der Waals surface area contributed by atoms with Crippen LogP contribution in [0.4, 0.5) is 0 Å². The number of benzene rings is 1. The topological polar surface area (TPSA) is 70.4 Å². The fourth-order valence-corrected chi connectivity index (χ4v) is 4.63. The van der Waals surface area contributed by atoms with E-state index < -0.39 is 10.0 Å². The minimum atomic E-state index is -3.50. The smallest absolute Gasteiger partial charge is 0.243 e. The number of nitriles is 1. The molecule has 20 heavy (non-hydrogen) atoms. The molecular formula is C14H16N2O3S. The molecule has 0 amide bonds. The summed E-state index contributed by atoms with van der Waals surface area (Å²) in [4.78, 5) is 0.290. The summed E-state index contributed by atoms with van der Waals surface area (Å²) in [7, 11) is -3.50. The average Bonchev–Trinajstić information content (AvgIpc) is 2.76. The van der Waals surface area contributed by atoms with E-state index in [-0.39, 0.29) is 17.1 Å². The average molecular weight is 292 g/mol. The third-order valence-electron chi connectivity index (χ3n) is 3.93. The Morgan fingerprint density at radius 2 is 1.95 bits per heavy atom. The number of rotatable bonds is 2. The van der Waals surface area contributed by atoms with Crippen LogP contribution in [0.1, 0.15) is 24.0 Å². The summed E-state index contributed by atoms with van der Waals surface area (Å²) in [5, 5.41) is 8.86. The van der Waals surface area contributed by atoms with E-state index in [4.69, 9.17) is 10.00 Å². The van der Waals surface area contributed by atoms with Gasteiger partial charge in [-0.25, -0.2) is 8.42 Å². The second-order valence-corrected chi connectivity index (χ2v) is 7.28. The van der Waals surface area contributed by atoms with Gasteiger partial charge in [0.25, 0.3) is 0 Å². The summed E-state index contributed by atoms with van der Waals surface area (Å²) in [5.41, 5.74) is 1.09. The van der Waals surface area contributed by atoms with Crippen LogP contribution in [-0.4, -0.2) is 38.0 Å². The van der Waals surface area contributed by atoms with Crippen LogP contribution in [0.2, 0.25) is 0 Å². The summed E-state index contributed by atoms with van der Waals surface area (Å²) in [6.07, 6.45) is 1.93. The van der Waals surface area contributed by atoms with Gasteiger partial charge in [0.1, 0.15) is 0 Å². The maximum Gasteiger partial charge on any atom is 0.243 e. The predicted octanol–water partition coefficient (Wildman–Crippen LogP) is 1.42. The van der Waals surface area contributed by atoms with Crippen LogP contribution < -0.4 is 0 Å². The highest BCUT2D eigenvalue weighted by atomic mass is 32.2. The number of sulfonamides is 1. The first-order valence-corrected chi connectivity index (χ1v) is 8.11. The monoisotopic (exact) mass is 292 g/mol. The first-order valence-electron chi connectivity index (χ1n) is 6.67. The van der Waals surface area contributed by atoms with Gasteiger partial charge in [0.05, 0.1) is 28.7 Å². The summed E-state index contributed by atoms with van der Waals surface area (Å²) in [6, 6.07) is 6.71. The molecule has 2 bridgehead atoms. The van der Waals surface area contributed by atoms with E-state index in [0.29, 0.717) is 24.2 Å². The Labute approximate surface area is 118 Å². The molecule has 0 radical (unpaired) electrons. The minimum Gasteiger partial charge on any atom is -0.372 e. The third-order valence-corrected chi connectivity index (χ3v) is 5.92. The summed E-state index contributed by atoms with van der Waals surface area (Å²) >= 11 is 0. The molecule has 0 N–H and O–H groups in total. The third kappa shape index (κ3) is 2.22. The molecule has 5 nitrogen and oxygen atoms in total. The predicted molar refractivity (Wildman–Crippen MR) is 72.5 cm³/mol. The molecule has 2 unspecified atom stereocenters. The van der Waals surface area contributed by atoms with Gasteiger partial charge in [0, 0.05) is 13.1 Å². The van der Waals surface area contributed by atoms with E-state index in [2.05, 4.69) is 0 Å². The molecule has 1 aromatic carbocycles. The Morgan fingerprint density at radius 1 is 1.30 bits per heavy atom. The van der Waals surface area contributed by atoms with Crippen LogP contribution in [0.3, 0.4) is 0 Å². The highest BCUT2D eigenvalue weighted by Gasteiger charge is 2.39. The van der Waals surface area contributed by atoms with Crippen molar-refractivity contribution < 1.29 is 13.2 Å². The molecule has 0 aromatic heterocycles. The van der Waals surface area contributed by atoms with Crippen molar-refractivity contribution in [1.82, 2.24) is 4.31 Å². The van der Waals surface area contributed by atoms with Crippen LogP contribution >= 0.6 is 0 Å². The van der Waals surface area contributed by atoms with Crippen molar-refractivity contribution >= 4 is 10.0 Å². The Bertz CT molecular complexity index is 666. The van der Waals surface area contributed by atoms with E-state index >= 15 is 0 Å². The van der Waals surface area contributed by atoms with Gasteiger partial charge >= 0.3 is 0 Å². The van der Waals surface area contributed by atoms with Crippen molar-refractivity contribution in [3.63, 3.8) is 0 Å². The standard InChI is InChI=1S/C14H16N2O3S/c1-10-6-11(7-15)2-5-14(10)20(17,18)16-8-12-3-4-13(9-16)19-12/h2,5-6,12-13H,3-4,8-9H2,1H3. The highest BCUT2D eigenvalue weighted by molar-refractivity contribution is 7.89. The van der Waals surface area contributed by atoms with Gasteiger partial charge in [0.2, 0.25) is 10.0 Å². The van der Waals surface area contributed by atoms with Gasteiger partial charge in [-0.3, -0.25) is 0 Å². The molecule has 2 aliphatic rings. The molecule has 3 rings (SSSR count). The Hall–Kier alpha value is -1.42. The Balaban J connectivity index is 1.94. The lowest BCUT2D eigenvalue weighted by Gasteiger charge is -2.31. The lowest BCUT2D eigenvalue weighted by molar-refractivity contribution is -0.0114. The normalized spacial score (nSPS) is 26.4. The Kier molecular flexibility index (Phi) is 3.28. The second kappa shape index (κ2) is 4.85. The lowest BCUT2D eigenvalue weighted by atomic mass is 10.2. The van der Waals surface area contributed by atoms with Crippen molar-refractivity contribution in [3.8, 4) is 6.07 Å². The molecule has 0 saturated carbocycles. The van der Waals surface area contributed by atoms with Crippen molar-refractivity contribution in [2.45, 2.75) is 36.9 Å². The quantitative estimate of drug-likeness (QED) is 0.826. The summed E-state index contributed by atoms with van der Waals surface area (Å²) in [5.74, 6) is 0. The van der Waals surface area contributed by atoms with E-state index in [1.54, 1.807) is 19.1 Å². The zero-order valence-electron chi connectivity index (χ0n) is 11.2. The number of hydrogen-bond donors (Lipinski definition) is 0. The van der Waals surface area contributed by atoms with E-state index in [0.717, 1.165) is 12.8 Å². The molecule has 0 aliphatic carbocycles. The van der Waals surface area contributed by atoms with Crippen LogP contribution in [0, 0.1) is 18.3 Å². The molecule has 2 saturated heterocycles. The highest BCUT2D eigenvalue weighted by Crippen LogP contribution is 2.30. The number of fused-ring (bicyclic) bond motifs is 2. The van der Waals surface area contributed by atoms with E-state index in [9.17, 15) is 8.42 Å². The van der Waals surface area contributed by atoms with Crippen molar-refractivity contribution in [2.24, 2.45) is 0 Å². The van der Waals surface area contributed by atoms with Gasteiger partial charge < -0.3 is 4.74 Å². The molecule has 0 spiro atoms. The first kappa shape index (κ1) is 13.6. The number of morpholine rings is 1. The molecule has 106 valence electrons. The largest absolute Gasteiger partial charge is 0.372 e. The maximum absolute atomic E-state index is 12.7. The van der Waals surface area contributed by atoms with Crippen LogP contribution in [0.5, 0.6) is 0 Å². The number of nitrogens with zero attached hydrogens (tertiary/aromatic N) is 2. The molecular weight excluding hydrogens is 276 g/mol. The molecule has 2 fully saturated rings. The number of hydrogen-bond acceptors (Lipinski definition) is 4. The maximum atomic E-state index is 12.7. The zero-order chi connectivity index (χ0) is 14.3. The van der Waals surface area contributed by atoms with Gasteiger partial charge in [-0.05, 0) is 43.5 Å². The molecule has 2 atom stereocenters. The fraction of sp³-hybridized carbons (Fsp3) is 0.500. The van der Waals surface area contributed by atoms with Gasteiger partial charge in [-0.15, -0.1) is 0 Å². The number of aryl methyl sites for hydroxylation is 1. The van der Waals surface area contributed by atoms with Crippen LogP contribution in [0.15, 0.2) is 23.1 Å². The van der Waals surface area contributed by atoms with Crippen LogP contribution in [0.25, 0.3) is 0 Å². The van der Waals surface area contributed by atoms with Gasteiger partial charge in [-0.2, -0.15) is 9.57 Å². The Morgan fingerprint density at radius 3 is 2.50 bits per heavy atom. The molecule has 6 heteroatoms. The van der Waals surface area contributed by atoms with Crippen molar-refractivity contribution in [2.75, 3.05) is 13.1 Å². The molecule has 2 heterocycles. The van der Waals surface area contributed by atoms with Crippen molar-refractivity contribution in [3.05, 3.63) is 29.3 Å². The zero-order valence-corrected chi connectivity index (χ0v) is 12.1. The summed E-state index contributed by atoms with van der Waals surface area (Å²) in [6.45, 7) is 2.58. The molecule has 1 aromatic rings. The van der Waals surface area contributed by atoms with E-state index in [1.807, 2.05) is 6.07 Å².